The lowest BCUT2D eigenvalue weighted by molar-refractivity contribution is 1.13. The molecule has 0 saturated heterocycles. The van der Waals surface area contributed by atoms with Crippen molar-refractivity contribution in [2.45, 2.75) is 20.8 Å². The molecule has 0 aliphatic rings. The first-order chi connectivity index (χ1) is 21.0. The summed E-state index contributed by atoms with van der Waals surface area (Å²) in [6, 6.07) is 20.4. The van der Waals surface area contributed by atoms with Crippen LogP contribution in [0.5, 0.6) is 0 Å². The van der Waals surface area contributed by atoms with Crippen LogP contribution in [0.1, 0.15) is 20.8 Å². The van der Waals surface area contributed by atoms with Crippen LogP contribution in [0.2, 0.25) is 0 Å². The summed E-state index contributed by atoms with van der Waals surface area (Å²) in [6.07, 6.45) is 29.5. The molecule has 218 valence electrons. The van der Waals surface area contributed by atoms with Gasteiger partial charge in [-0.1, -0.05) is 118 Å². The lowest BCUT2D eigenvalue weighted by Crippen LogP contribution is -2.19. The number of anilines is 2. The average molecular weight is 565 g/mol. The highest BCUT2D eigenvalue weighted by molar-refractivity contribution is 5.65. The third-order valence-corrected chi connectivity index (χ3v) is 6.38. The Morgan fingerprint density at radius 2 is 0.907 bits per heavy atom. The molecule has 0 unspecified atom stereocenters. The zero-order chi connectivity index (χ0) is 31.5. The van der Waals surface area contributed by atoms with Crippen molar-refractivity contribution in [3.63, 3.8) is 0 Å². The predicted molar refractivity (Wildman–Crippen MR) is 193 cm³/mol. The van der Waals surface area contributed by atoms with Gasteiger partial charge in [0.25, 0.3) is 0 Å². The molecule has 2 nitrogen and oxygen atoms in total. The molecule has 0 atom stereocenters. The maximum Gasteiger partial charge on any atom is 0.0461 e. The second-order valence-corrected chi connectivity index (χ2v) is 9.13. The SMILES string of the molecule is C=C/C=C(\C=C/C)N(/C(C=C)=C/C=C(C=C)/C(C=C)=C/C=C(\C=C)N(C(/C=C\C)=C/C)c1ccccc1)c1ccccc1. The highest BCUT2D eigenvalue weighted by Crippen LogP contribution is 2.28. The van der Waals surface area contributed by atoms with Gasteiger partial charge in [-0.15, -0.1) is 0 Å². The molecule has 2 rings (SSSR count). The van der Waals surface area contributed by atoms with Crippen molar-refractivity contribution in [1.29, 1.82) is 0 Å². The van der Waals surface area contributed by atoms with Crippen LogP contribution in [0.25, 0.3) is 0 Å². The van der Waals surface area contributed by atoms with Gasteiger partial charge in [-0.05, 0) is 98.7 Å². The number of rotatable bonds is 16. The van der Waals surface area contributed by atoms with Gasteiger partial charge in [0.2, 0.25) is 0 Å². The summed E-state index contributed by atoms with van der Waals surface area (Å²) >= 11 is 0. The number of hydrogen-bond acceptors (Lipinski definition) is 2. The van der Waals surface area contributed by atoms with Gasteiger partial charge in [-0.3, -0.25) is 0 Å². The summed E-state index contributed by atoms with van der Waals surface area (Å²) in [4.78, 5) is 4.31. The van der Waals surface area contributed by atoms with E-state index < -0.39 is 0 Å². The summed E-state index contributed by atoms with van der Waals surface area (Å²) in [6.45, 7) is 26.4. The number of nitrogens with zero attached hydrogens (tertiary/aromatic N) is 2. The van der Waals surface area contributed by atoms with Crippen LogP contribution in [-0.4, -0.2) is 0 Å². The Morgan fingerprint density at radius 3 is 1.26 bits per heavy atom. The summed E-state index contributed by atoms with van der Waals surface area (Å²) < 4.78 is 0. The first kappa shape index (κ1) is 33.9. The molecular formula is C41H44N2. The van der Waals surface area contributed by atoms with Crippen LogP contribution >= 0.6 is 0 Å². The monoisotopic (exact) mass is 564 g/mol. The van der Waals surface area contributed by atoms with Gasteiger partial charge in [0, 0.05) is 34.2 Å². The topological polar surface area (TPSA) is 6.48 Å². The first-order valence-electron chi connectivity index (χ1n) is 14.3. The summed E-state index contributed by atoms with van der Waals surface area (Å²) in [5, 5.41) is 0. The molecule has 0 aromatic heterocycles. The van der Waals surface area contributed by atoms with E-state index in [1.54, 1.807) is 6.08 Å². The number of para-hydroxylation sites is 2. The van der Waals surface area contributed by atoms with E-state index in [9.17, 15) is 0 Å². The first-order valence-corrected chi connectivity index (χ1v) is 14.3. The van der Waals surface area contributed by atoms with Gasteiger partial charge in [-0.2, -0.15) is 0 Å². The van der Waals surface area contributed by atoms with Crippen LogP contribution in [0.4, 0.5) is 11.4 Å². The van der Waals surface area contributed by atoms with Crippen molar-refractivity contribution in [2.24, 2.45) is 0 Å². The van der Waals surface area contributed by atoms with E-state index in [1.165, 1.54) is 0 Å². The van der Waals surface area contributed by atoms with E-state index in [0.29, 0.717) is 0 Å². The minimum absolute atomic E-state index is 0.891. The molecule has 2 aromatic rings. The molecule has 0 aliphatic carbocycles. The molecule has 2 heteroatoms. The minimum Gasteiger partial charge on any atom is -0.311 e. The third kappa shape index (κ3) is 9.62. The Kier molecular flexibility index (Phi) is 14.9. The molecule has 2 aromatic carbocycles. The Balaban J connectivity index is 2.68. The molecule has 43 heavy (non-hydrogen) atoms. The normalized spacial score (nSPS) is 13.7. The zero-order valence-corrected chi connectivity index (χ0v) is 25.9. The Bertz CT molecular complexity index is 1500. The van der Waals surface area contributed by atoms with Crippen LogP contribution < -0.4 is 9.80 Å². The fraction of sp³-hybridized carbons (Fsp3) is 0.0732. The maximum absolute atomic E-state index is 4.12. The van der Waals surface area contributed by atoms with Crippen LogP contribution in [0, 0.1) is 0 Å². The van der Waals surface area contributed by atoms with Gasteiger partial charge in [-0.25, -0.2) is 0 Å². The van der Waals surface area contributed by atoms with Crippen molar-refractivity contribution >= 4 is 11.4 Å². The molecule has 0 N–H and O–H groups in total. The second-order valence-electron chi connectivity index (χ2n) is 9.13. The van der Waals surface area contributed by atoms with E-state index in [0.717, 1.165) is 45.3 Å². The fourth-order valence-corrected chi connectivity index (χ4v) is 4.40. The Morgan fingerprint density at radius 1 is 0.488 bits per heavy atom. The summed E-state index contributed by atoms with van der Waals surface area (Å²) in [5.74, 6) is 0. The van der Waals surface area contributed by atoms with Crippen molar-refractivity contribution in [2.75, 3.05) is 9.80 Å². The van der Waals surface area contributed by atoms with Crippen LogP contribution in [-0.2, 0) is 0 Å². The maximum atomic E-state index is 4.12. The average Bonchev–Trinajstić information content (AvgIpc) is 3.05. The molecule has 0 saturated carbocycles. The smallest absolute Gasteiger partial charge is 0.0461 e. The molecule has 0 bridgehead atoms. The molecule has 0 spiro atoms. The molecule has 0 fully saturated rings. The lowest BCUT2D eigenvalue weighted by atomic mass is 10.0. The molecular weight excluding hydrogens is 520 g/mol. The largest absolute Gasteiger partial charge is 0.311 e. The van der Waals surface area contributed by atoms with Crippen LogP contribution in [0.15, 0.2) is 219 Å². The second kappa shape index (κ2) is 18.9. The van der Waals surface area contributed by atoms with Gasteiger partial charge < -0.3 is 9.80 Å². The number of hydrogen-bond donors (Lipinski definition) is 0. The van der Waals surface area contributed by atoms with E-state index in [-0.39, 0.29) is 0 Å². The standard InChI is InChI=1S/C41H44N2/c1-9-23-36(14-6)42(40-26-19-17-20-27-40)37(15-7)32-30-34(12-4)35(13-5)31-33-38(16-8)43(39(24-10-2)25-11-3)41-28-21-18-22-29-41/h9-33H,2,4-5,7-8H2,1,3,6H3/b23-9-,25-11-,34-30+,35-31+,36-14+,37-32+,38-33+,39-24+. The van der Waals surface area contributed by atoms with Gasteiger partial charge in [0.1, 0.15) is 0 Å². The molecule has 0 amide bonds. The number of benzene rings is 2. The zero-order valence-electron chi connectivity index (χ0n) is 25.9. The van der Waals surface area contributed by atoms with Gasteiger partial charge in [0.15, 0.2) is 0 Å². The van der Waals surface area contributed by atoms with Crippen molar-refractivity contribution < 1.29 is 0 Å². The van der Waals surface area contributed by atoms with Crippen molar-refractivity contribution in [1.82, 2.24) is 0 Å². The highest BCUT2D eigenvalue weighted by atomic mass is 15.2. The van der Waals surface area contributed by atoms with Gasteiger partial charge >= 0.3 is 0 Å². The Labute approximate surface area is 260 Å². The van der Waals surface area contributed by atoms with Crippen molar-refractivity contribution in [3.8, 4) is 0 Å². The molecule has 0 radical (unpaired) electrons. The number of allylic oxidation sites excluding steroid dienone is 17. The molecule has 0 aliphatic heterocycles. The van der Waals surface area contributed by atoms with E-state index in [1.807, 2.05) is 130 Å². The molecule has 0 heterocycles. The lowest BCUT2D eigenvalue weighted by Gasteiger charge is -2.27. The van der Waals surface area contributed by atoms with Crippen LogP contribution in [0.3, 0.4) is 0 Å². The predicted octanol–water partition coefficient (Wildman–Crippen LogP) is 11.5. The van der Waals surface area contributed by atoms with Gasteiger partial charge in [0.05, 0.1) is 0 Å². The third-order valence-electron chi connectivity index (χ3n) is 6.38. The summed E-state index contributed by atoms with van der Waals surface area (Å²) in [5.41, 5.74) is 7.68. The fourth-order valence-electron chi connectivity index (χ4n) is 4.40. The van der Waals surface area contributed by atoms with Crippen molar-refractivity contribution in [3.05, 3.63) is 219 Å². The quantitative estimate of drug-likeness (QED) is 0.187. The Hall–Kier alpha value is -5.34. The highest BCUT2D eigenvalue weighted by Gasteiger charge is 2.14. The summed E-state index contributed by atoms with van der Waals surface area (Å²) in [7, 11) is 0. The van der Waals surface area contributed by atoms with E-state index in [4.69, 9.17) is 0 Å². The minimum atomic E-state index is 0.891. The van der Waals surface area contributed by atoms with E-state index >= 15 is 0 Å². The van der Waals surface area contributed by atoms with E-state index in [2.05, 4.69) is 79.1 Å².